The van der Waals surface area contributed by atoms with E-state index in [1.807, 2.05) is 60.6 Å². The highest BCUT2D eigenvalue weighted by atomic mass is 16.1. The minimum Gasteiger partial charge on any atom is -0.366 e. The van der Waals surface area contributed by atoms with Crippen LogP contribution in [0.5, 0.6) is 0 Å². The van der Waals surface area contributed by atoms with Crippen LogP contribution in [0.3, 0.4) is 0 Å². The maximum atomic E-state index is 11.3. The number of nitrogens with zero attached hydrogens (tertiary/aromatic N) is 3. The number of primary amides is 1. The first-order valence-electron chi connectivity index (χ1n) is 8.96. The van der Waals surface area contributed by atoms with E-state index in [4.69, 9.17) is 5.73 Å². The molecule has 1 amide bonds. The van der Waals surface area contributed by atoms with Gasteiger partial charge in [0, 0.05) is 26.2 Å². The van der Waals surface area contributed by atoms with Crippen LogP contribution in [-0.2, 0) is 13.1 Å². The van der Waals surface area contributed by atoms with Gasteiger partial charge in [0.2, 0.25) is 5.91 Å². The van der Waals surface area contributed by atoms with Crippen LogP contribution in [0, 0.1) is 0 Å². The van der Waals surface area contributed by atoms with Crippen LogP contribution in [-0.4, -0.2) is 40.8 Å². The van der Waals surface area contributed by atoms with Crippen LogP contribution in [0.4, 0.5) is 0 Å². The molecular formula is C21H24N6O. The Balaban J connectivity index is 1.61. The van der Waals surface area contributed by atoms with E-state index in [1.54, 1.807) is 19.2 Å². The van der Waals surface area contributed by atoms with Crippen molar-refractivity contribution in [2.75, 3.05) is 14.1 Å². The Morgan fingerprint density at radius 1 is 1.21 bits per heavy atom. The molecule has 0 atom stereocenters. The predicted octanol–water partition coefficient (Wildman–Crippen LogP) is 2.38. The number of nitrogens with one attached hydrogen (secondary N) is 2. The fraction of sp³-hybridized carbons (Fsp3) is 0.190. The van der Waals surface area contributed by atoms with Gasteiger partial charge in [-0.1, -0.05) is 42.5 Å². The van der Waals surface area contributed by atoms with Gasteiger partial charge < -0.3 is 20.9 Å². The van der Waals surface area contributed by atoms with Crippen molar-refractivity contribution < 1.29 is 4.79 Å². The Kier molecular flexibility index (Phi) is 6.06. The summed E-state index contributed by atoms with van der Waals surface area (Å²) in [6, 6.07) is 17.3. The highest BCUT2D eigenvalue weighted by Gasteiger charge is 2.10. The molecule has 1 aromatic heterocycles. The Bertz CT molecular complexity index is 964. The van der Waals surface area contributed by atoms with E-state index in [0.717, 1.165) is 28.6 Å². The number of carbonyl (C=O) groups is 1. The average Bonchev–Trinajstić information content (AvgIpc) is 3.18. The van der Waals surface area contributed by atoms with Gasteiger partial charge in [0.15, 0.2) is 5.96 Å². The maximum Gasteiger partial charge on any atom is 0.248 e. The number of guanidine groups is 1. The number of aromatic nitrogens is 2. The number of imidazole rings is 1. The molecule has 7 heteroatoms. The molecule has 0 aliphatic heterocycles. The van der Waals surface area contributed by atoms with Crippen LogP contribution in [0.15, 0.2) is 65.8 Å². The van der Waals surface area contributed by atoms with E-state index in [0.29, 0.717) is 18.7 Å². The molecule has 0 spiro atoms. The van der Waals surface area contributed by atoms with Crippen molar-refractivity contribution in [3.8, 4) is 11.3 Å². The summed E-state index contributed by atoms with van der Waals surface area (Å²) < 4.78 is 0. The van der Waals surface area contributed by atoms with Crippen LogP contribution in [0.25, 0.3) is 11.3 Å². The Hall–Kier alpha value is -3.61. The minimum atomic E-state index is -0.435. The summed E-state index contributed by atoms with van der Waals surface area (Å²) in [6.45, 7) is 1.11. The molecule has 0 aliphatic carbocycles. The van der Waals surface area contributed by atoms with Gasteiger partial charge in [-0.2, -0.15) is 0 Å². The highest BCUT2D eigenvalue weighted by Crippen LogP contribution is 2.16. The quantitative estimate of drug-likeness (QED) is 0.454. The molecule has 144 valence electrons. The zero-order valence-corrected chi connectivity index (χ0v) is 16.0. The van der Waals surface area contributed by atoms with Crippen LogP contribution in [0.1, 0.15) is 21.7 Å². The van der Waals surface area contributed by atoms with Crippen molar-refractivity contribution in [1.82, 2.24) is 20.2 Å². The fourth-order valence-corrected chi connectivity index (χ4v) is 2.91. The van der Waals surface area contributed by atoms with E-state index in [2.05, 4.69) is 20.3 Å². The van der Waals surface area contributed by atoms with Gasteiger partial charge in [0.05, 0.1) is 18.4 Å². The summed E-state index contributed by atoms with van der Waals surface area (Å²) in [5, 5.41) is 3.29. The molecule has 0 saturated heterocycles. The number of aliphatic imine (C=N–C) groups is 1. The SMILES string of the molecule is CN=C(NCc1cccc(C(N)=O)c1)N(C)Cc1ncc(-c2ccccc2)[nH]1. The van der Waals surface area contributed by atoms with Crippen molar-refractivity contribution in [3.63, 3.8) is 0 Å². The lowest BCUT2D eigenvalue weighted by Gasteiger charge is -2.21. The van der Waals surface area contributed by atoms with Crippen molar-refractivity contribution >= 4 is 11.9 Å². The predicted molar refractivity (Wildman–Crippen MR) is 111 cm³/mol. The maximum absolute atomic E-state index is 11.3. The summed E-state index contributed by atoms with van der Waals surface area (Å²) in [4.78, 5) is 25.4. The lowest BCUT2D eigenvalue weighted by Crippen LogP contribution is -2.38. The number of carbonyl (C=O) groups excluding carboxylic acids is 1. The molecule has 0 aliphatic rings. The van der Waals surface area contributed by atoms with Gasteiger partial charge >= 0.3 is 0 Å². The molecule has 0 bridgehead atoms. The van der Waals surface area contributed by atoms with Crippen LogP contribution < -0.4 is 11.1 Å². The van der Waals surface area contributed by atoms with E-state index in [1.165, 1.54) is 0 Å². The second-order valence-electron chi connectivity index (χ2n) is 6.43. The van der Waals surface area contributed by atoms with Gasteiger partial charge in [-0.15, -0.1) is 0 Å². The molecule has 4 N–H and O–H groups in total. The third-order valence-electron chi connectivity index (χ3n) is 4.34. The van der Waals surface area contributed by atoms with E-state index in [-0.39, 0.29) is 0 Å². The van der Waals surface area contributed by atoms with Crippen molar-refractivity contribution in [1.29, 1.82) is 0 Å². The molecule has 2 aromatic carbocycles. The second-order valence-corrected chi connectivity index (χ2v) is 6.43. The number of H-pyrrole nitrogens is 1. The summed E-state index contributed by atoms with van der Waals surface area (Å²) in [5.74, 6) is 1.14. The molecule has 0 unspecified atom stereocenters. The Morgan fingerprint density at radius 3 is 2.71 bits per heavy atom. The number of rotatable bonds is 6. The first-order valence-corrected chi connectivity index (χ1v) is 8.96. The van der Waals surface area contributed by atoms with Crippen molar-refractivity contribution in [3.05, 3.63) is 77.7 Å². The third-order valence-corrected chi connectivity index (χ3v) is 4.34. The molecular weight excluding hydrogens is 352 g/mol. The number of benzene rings is 2. The standard InChI is InChI=1S/C21H24N6O/c1-23-21(25-12-15-7-6-10-17(11-15)20(22)28)27(2)14-19-24-13-18(26-19)16-8-4-3-5-9-16/h3-11,13H,12,14H2,1-2H3,(H2,22,28)(H,23,25)(H,24,26). The number of nitrogens with two attached hydrogens (primary N) is 1. The average molecular weight is 376 g/mol. The van der Waals surface area contributed by atoms with Gasteiger partial charge in [-0.25, -0.2) is 4.98 Å². The number of amides is 1. The Morgan fingerprint density at radius 2 is 2.00 bits per heavy atom. The summed E-state index contributed by atoms with van der Waals surface area (Å²) in [5.41, 5.74) is 8.87. The minimum absolute atomic E-state index is 0.435. The molecule has 7 nitrogen and oxygen atoms in total. The lowest BCUT2D eigenvalue weighted by atomic mass is 10.1. The zero-order valence-electron chi connectivity index (χ0n) is 16.0. The molecule has 0 saturated carbocycles. The highest BCUT2D eigenvalue weighted by molar-refractivity contribution is 5.92. The fourth-order valence-electron chi connectivity index (χ4n) is 2.91. The third kappa shape index (κ3) is 4.76. The smallest absolute Gasteiger partial charge is 0.248 e. The van der Waals surface area contributed by atoms with Crippen LogP contribution in [0.2, 0.25) is 0 Å². The molecule has 3 aromatic rings. The van der Waals surface area contributed by atoms with E-state index < -0.39 is 5.91 Å². The normalized spacial score (nSPS) is 11.3. The second kappa shape index (κ2) is 8.85. The molecule has 1 heterocycles. The van der Waals surface area contributed by atoms with Gasteiger partial charge in [0.1, 0.15) is 5.82 Å². The molecule has 3 rings (SSSR count). The van der Waals surface area contributed by atoms with Gasteiger partial charge in [-0.3, -0.25) is 9.79 Å². The number of aromatic amines is 1. The van der Waals surface area contributed by atoms with Gasteiger partial charge in [-0.05, 0) is 23.3 Å². The molecule has 0 radical (unpaired) electrons. The summed E-state index contributed by atoms with van der Waals surface area (Å²) in [7, 11) is 3.68. The van der Waals surface area contributed by atoms with E-state index in [9.17, 15) is 4.79 Å². The van der Waals surface area contributed by atoms with Crippen LogP contribution >= 0.6 is 0 Å². The number of hydrogen-bond acceptors (Lipinski definition) is 3. The van der Waals surface area contributed by atoms with Crippen molar-refractivity contribution in [2.45, 2.75) is 13.1 Å². The topological polar surface area (TPSA) is 99.4 Å². The number of hydrogen-bond donors (Lipinski definition) is 3. The Labute approximate surface area is 164 Å². The van der Waals surface area contributed by atoms with Gasteiger partial charge in [0.25, 0.3) is 0 Å². The monoisotopic (exact) mass is 376 g/mol. The van der Waals surface area contributed by atoms with E-state index >= 15 is 0 Å². The first kappa shape index (κ1) is 19.2. The van der Waals surface area contributed by atoms with Crippen molar-refractivity contribution in [2.24, 2.45) is 10.7 Å². The molecule has 28 heavy (non-hydrogen) atoms. The first-order chi connectivity index (χ1) is 13.6. The summed E-state index contributed by atoms with van der Waals surface area (Å²) >= 11 is 0. The molecule has 0 fully saturated rings. The lowest BCUT2D eigenvalue weighted by molar-refractivity contribution is 0.1000. The summed E-state index contributed by atoms with van der Waals surface area (Å²) in [6.07, 6.45) is 1.84. The zero-order chi connectivity index (χ0) is 19.9. The largest absolute Gasteiger partial charge is 0.366 e.